The first-order valence-corrected chi connectivity index (χ1v) is 7.61. The van der Waals surface area contributed by atoms with Crippen LogP contribution in [-0.2, 0) is 9.53 Å². The predicted molar refractivity (Wildman–Crippen MR) is 75.9 cm³/mol. The van der Waals surface area contributed by atoms with Crippen LogP contribution in [0.1, 0.15) is 39.0 Å². The summed E-state index contributed by atoms with van der Waals surface area (Å²) < 4.78 is 5.07. The van der Waals surface area contributed by atoms with Gasteiger partial charge in [0.25, 0.3) is 0 Å². The Morgan fingerprint density at radius 1 is 1.40 bits per heavy atom. The van der Waals surface area contributed by atoms with E-state index in [0.717, 1.165) is 25.7 Å². The van der Waals surface area contributed by atoms with Gasteiger partial charge in [0.05, 0.1) is 18.6 Å². The summed E-state index contributed by atoms with van der Waals surface area (Å²) in [4.78, 5) is 12.4. The Hall–Kier alpha value is -0.870. The molecular formula is C16H26O4. The quantitative estimate of drug-likeness (QED) is 0.610. The van der Waals surface area contributed by atoms with Gasteiger partial charge < -0.3 is 14.9 Å². The van der Waals surface area contributed by atoms with Gasteiger partial charge in [-0.3, -0.25) is 4.79 Å². The number of allylic oxidation sites excluding steroid dienone is 1. The summed E-state index contributed by atoms with van der Waals surface area (Å²) in [6, 6.07) is 0. The minimum atomic E-state index is -0.593. The van der Waals surface area contributed by atoms with E-state index in [4.69, 9.17) is 9.84 Å². The highest BCUT2D eigenvalue weighted by atomic mass is 16.5. The number of methoxy groups -OCH3 is 1. The number of carbonyl (C=O) groups is 1. The van der Waals surface area contributed by atoms with Crippen LogP contribution in [0.5, 0.6) is 0 Å². The first-order chi connectivity index (χ1) is 9.55. The van der Waals surface area contributed by atoms with Gasteiger partial charge >= 0.3 is 5.97 Å². The maximum Gasteiger partial charge on any atom is 0.312 e. The van der Waals surface area contributed by atoms with Crippen molar-refractivity contribution >= 4 is 5.97 Å². The van der Waals surface area contributed by atoms with Crippen molar-refractivity contribution in [3.8, 4) is 0 Å². The van der Waals surface area contributed by atoms with Gasteiger partial charge in [0.2, 0.25) is 0 Å². The number of aliphatic hydroxyl groups is 2. The van der Waals surface area contributed by atoms with Crippen LogP contribution < -0.4 is 0 Å². The van der Waals surface area contributed by atoms with E-state index < -0.39 is 5.41 Å². The van der Waals surface area contributed by atoms with Crippen molar-refractivity contribution in [3.63, 3.8) is 0 Å². The Labute approximate surface area is 120 Å². The normalized spacial score (nSPS) is 40.2. The zero-order chi connectivity index (χ0) is 14.8. The van der Waals surface area contributed by atoms with Crippen LogP contribution in [0.2, 0.25) is 0 Å². The molecule has 5 atom stereocenters. The molecule has 2 aliphatic rings. The van der Waals surface area contributed by atoms with Crippen LogP contribution in [0.3, 0.4) is 0 Å². The smallest absolute Gasteiger partial charge is 0.312 e. The van der Waals surface area contributed by atoms with E-state index >= 15 is 0 Å². The zero-order valence-electron chi connectivity index (χ0n) is 12.4. The Morgan fingerprint density at radius 3 is 2.80 bits per heavy atom. The summed E-state index contributed by atoms with van der Waals surface area (Å²) in [5.74, 6) is 0.0770. The van der Waals surface area contributed by atoms with Crippen LogP contribution in [-0.4, -0.2) is 36.0 Å². The van der Waals surface area contributed by atoms with E-state index in [1.807, 2.05) is 6.92 Å². The number of ether oxygens (including phenoxy) is 1. The summed E-state index contributed by atoms with van der Waals surface area (Å²) in [6.45, 7) is 2.11. The van der Waals surface area contributed by atoms with E-state index in [-0.39, 0.29) is 36.4 Å². The van der Waals surface area contributed by atoms with Gasteiger partial charge in [-0.05, 0) is 44.4 Å². The Bertz CT molecular complexity index is 379. The van der Waals surface area contributed by atoms with Crippen LogP contribution >= 0.6 is 0 Å². The first-order valence-electron chi connectivity index (χ1n) is 7.61. The number of esters is 1. The molecule has 0 saturated heterocycles. The summed E-state index contributed by atoms with van der Waals surface area (Å²) in [5, 5.41) is 19.3. The fourth-order valence-corrected chi connectivity index (χ4v) is 4.13. The lowest BCUT2D eigenvalue weighted by Crippen LogP contribution is -2.51. The third-order valence-corrected chi connectivity index (χ3v) is 5.33. The third-order valence-electron chi connectivity index (χ3n) is 5.33. The molecule has 20 heavy (non-hydrogen) atoms. The van der Waals surface area contributed by atoms with E-state index in [9.17, 15) is 9.90 Å². The topological polar surface area (TPSA) is 66.8 Å². The highest BCUT2D eigenvalue weighted by Crippen LogP contribution is 2.52. The molecule has 0 aromatic rings. The van der Waals surface area contributed by atoms with Crippen molar-refractivity contribution in [1.29, 1.82) is 0 Å². The lowest BCUT2D eigenvalue weighted by molar-refractivity contribution is -0.164. The molecule has 0 aromatic heterocycles. The number of fused-ring (bicyclic) bond motifs is 1. The van der Waals surface area contributed by atoms with Crippen molar-refractivity contribution in [3.05, 3.63) is 12.2 Å². The molecule has 4 nitrogen and oxygen atoms in total. The van der Waals surface area contributed by atoms with Gasteiger partial charge in [0.15, 0.2) is 0 Å². The second kappa shape index (κ2) is 6.27. The highest BCUT2D eigenvalue weighted by Gasteiger charge is 2.53. The molecule has 0 radical (unpaired) electrons. The molecule has 2 aliphatic carbocycles. The van der Waals surface area contributed by atoms with Gasteiger partial charge in [-0.25, -0.2) is 0 Å². The van der Waals surface area contributed by atoms with Gasteiger partial charge in [-0.1, -0.05) is 18.6 Å². The van der Waals surface area contributed by atoms with E-state index in [1.165, 1.54) is 7.11 Å². The van der Waals surface area contributed by atoms with Crippen molar-refractivity contribution in [2.75, 3.05) is 13.7 Å². The SMILES string of the molecule is COC(=O)[C@@]1(C)[C@@H]2CCC[C@H](O)[C@H]2C=C[C@H]1CCCO. The summed E-state index contributed by atoms with van der Waals surface area (Å²) in [5.41, 5.74) is -0.593. The van der Waals surface area contributed by atoms with Crippen molar-refractivity contribution in [1.82, 2.24) is 0 Å². The minimum Gasteiger partial charge on any atom is -0.469 e. The van der Waals surface area contributed by atoms with Crippen molar-refractivity contribution in [2.45, 2.75) is 45.1 Å². The van der Waals surface area contributed by atoms with Crippen LogP contribution in [0, 0.1) is 23.2 Å². The zero-order valence-corrected chi connectivity index (χ0v) is 12.4. The van der Waals surface area contributed by atoms with Gasteiger partial charge in [0, 0.05) is 12.5 Å². The van der Waals surface area contributed by atoms with Gasteiger partial charge in [-0.2, -0.15) is 0 Å². The summed E-state index contributed by atoms with van der Waals surface area (Å²) >= 11 is 0. The minimum absolute atomic E-state index is 0.0539. The number of hydrogen-bond donors (Lipinski definition) is 2. The van der Waals surface area contributed by atoms with Crippen molar-refractivity contribution < 1.29 is 19.7 Å². The molecule has 2 rings (SSSR count). The molecule has 4 heteroatoms. The number of hydrogen-bond acceptors (Lipinski definition) is 4. The van der Waals surface area contributed by atoms with E-state index in [1.54, 1.807) is 0 Å². The summed E-state index contributed by atoms with van der Waals surface area (Å²) in [6.07, 6.45) is 7.96. The standard InChI is InChI=1S/C16H26O4/c1-16(15(19)20-2)11(5-4-10-17)8-9-12-13(16)6-3-7-14(12)18/h8-9,11-14,17-18H,3-7,10H2,1-2H3/t11-,12+,13-,14+,16-/m1/s1. The van der Waals surface area contributed by atoms with Crippen LogP contribution in [0.4, 0.5) is 0 Å². The fourth-order valence-electron chi connectivity index (χ4n) is 4.13. The number of aliphatic hydroxyl groups excluding tert-OH is 2. The van der Waals surface area contributed by atoms with E-state index in [0.29, 0.717) is 6.42 Å². The Kier molecular flexibility index (Phi) is 4.86. The molecule has 0 heterocycles. The summed E-state index contributed by atoms with van der Waals surface area (Å²) in [7, 11) is 1.43. The van der Waals surface area contributed by atoms with Crippen molar-refractivity contribution in [2.24, 2.45) is 23.2 Å². The Balaban J connectivity index is 2.33. The second-order valence-electron chi connectivity index (χ2n) is 6.31. The lowest BCUT2D eigenvalue weighted by atomic mass is 9.55. The average Bonchev–Trinajstić information content (AvgIpc) is 2.46. The molecule has 0 aromatic carbocycles. The first kappa shape index (κ1) is 15.5. The van der Waals surface area contributed by atoms with Gasteiger partial charge in [0.1, 0.15) is 0 Å². The fraction of sp³-hybridized carbons (Fsp3) is 0.812. The molecule has 114 valence electrons. The molecule has 0 unspecified atom stereocenters. The molecule has 1 saturated carbocycles. The van der Waals surface area contributed by atoms with E-state index in [2.05, 4.69) is 12.2 Å². The molecule has 2 N–H and O–H groups in total. The number of rotatable bonds is 4. The van der Waals surface area contributed by atoms with Crippen LogP contribution in [0.25, 0.3) is 0 Å². The maximum atomic E-state index is 12.4. The molecule has 0 aliphatic heterocycles. The maximum absolute atomic E-state index is 12.4. The second-order valence-corrected chi connectivity index (χ2v) is 6.31. The number of carbonyl (C=O) groups excluding carboxylic acids is 1. The molecule has 0 spiro atoms. The monoisotopic (exact) mass is 282 g/mol. The third kappa shape index (κ3) is 2.51. The molecule has 1 fully saturated rings. The van der Waals surface area contributed by atoms with Crippen LogP contribution in [0.15, 0.2) is 12.2 Å². The molecule has 0 amide bonds. The van der Waals surface area contributed by atoms with Gasteiger partial charge in [-0.15, -0.1) is 0 Å². The largest absolute Gasteiger partial charge is 0.469 e. The Morgan fingerprint density at radius 2 is 2.15 bits per heavy atom. The lowest BCUT2D eigenvalue weighted by Gasteiger charge is -2.49. The highest BCUT2D eigenvalue weighted by molar-refractivity contribution is 5.78. The predicted octanol–water partition coefficient (Wildman–Crippen LogP) is 1.90. The molecular weight excluding hydrogens is 256 g/mol. The average molecular weight is 282 g/mol. The molecule has 0 bridgehead atoms.